The molecule has 1 aliphatic carbocycles. The molecule has 4 aromatic heterocycles. The molecule has 4 heterocycles. The fourth-order valence-corrected chi connectivity index (χ4v) is 10.2. The van der Waals surface area contributed by atoms with Crippen LogP contribution in [0.25, 0.3) is 98.2 Å². The zero-order valence-electron chi connectivity index (χ0n) is 29.6. The molecule has 6 heteroatoms. The predicted octanol–water partition coefficient (Wildman–Crippen LogP) is 12.4. The van der Waals surface area contributed by atoms with Gasteiger partial charge in [0.25, 0.3) is 0 Å². The van der Waals surface area contributed by atoms with Crippen molar-refractivity contribution in [1.82, 2.24) is 24.1 Å². The molecule has 5 nitrogen and oxygen atoms in total. The van der Waals surface area contributed by atoms with Crippen molar-refractivity contribution < 1.29 is 0 Å². The molecule has 0 amide bonds. The molecule has 254 valence electrons. The lowest BCUT2D eigenvalue weighted by Gasteiger charge is -2.21. The number of hydrogen-bond donors (Lipinski definition) is 0. The number of aromatic nitrogens is 5. The maximum atomic E-state index is 5.41. The number of rotatable bonds is 3. The Morgan fingerprint density at radius 1 is 0.426 bits per heavy atom. The Balaban J connectivity index is 1.19. The summed E-state index contributed by atoms with van der Waals surface area (Å²) in [5.74, 6) is 1.81. The van der Waals surface area contributed by atoms with Gasteiger partial charge in [0.1, 0.15) is 0 Å². The molecule has 11 aromatic rings. The van der Waals surface area contributed by atoms with Crippen LogP contribution in [0.4, 0.5) is 0 Å². The maximum absolute atomic E-state index is 5.41. The van der Waals surface area contributed by atoms with Gasteiger partial charge in [0.2, 0.25) is 11.9 Å². The molecule has 0 saturated carbocycles. The van der Waals surface area contributed by atoms with E-state index in [-0.39, 0.29) is 5.41 Å². The van der Waals surface area contributed by atoms with Crippen molar-refractivity contribution in [3.63, 3.8) is 0 Å². The van der Waals surface area contributed by atoms with Crippen LogP contribution < -0.4 is 0 Å². The van der Waals surface area contributed by atoms with Crippen LogP contribution in [0.15, 0.2) is 152 Å². The van der Waals surface area contributed by atoms with E-state index in [2.05, 4.69) is 175 Å². The molecule has 12 rings (SSSR count). The minimum absolute atomic E-state index is 0.112. The zero-order valence-corrected chi connectivity index (χ0v) is 30.4. The fourth-order valence-electron chi connectivity index (χ4n) is 9.06. The molecular weight excluding hydrogens is 679 g/mol. The SMILES string of the molecule is CC1(C)c2ccccc2-c2cc3c(cc21)c1ccccc1n3-c1nc(-c2ccc3c(c2)sc2ccccc23)nc(-n2c3ccccc3c3ccccc32)n1. The minimum atomic E-state index is -0.112. The topological polar surface area (TPSA) is 48.5 Å². The van der Waals surface area contributed by atoms with Gasteiger partial charge < -0.3 is 0 Å². The summed E-state index contributed by atoms with van der Waals surface area (Å²) in [6.45, 7) is 4.68. The van der Waals surface area contributed by atoms with Gasteiger partial charge in [-0.1, -0.05) is 123 Å². The largest absolute Gasteiger partial charge is 0.278 e. The van der Waals surface area contributed by atoms with Crippen LogP contribution in [0.5, 0.6) is 0 Å². The van der Waals surface area contributed by atoms with Crippen molar-refractivity contribution in [1.29, 1.82) is 0 Å². The van der Waals surface area contributed by atoms with Gasteiger partial charge in [0.05, 0.1) is 22.1 Å². The van der Waals surface area contributed by atoms with Crippen LogP contribution in [-0.2, 0) is 5.41 Å². The van der Waals surface area contributed by atoms with Crippen molar-refractivity contribution in [2.75, 3.05) is 0 Å². The molecular formula is C48H31N5S. The monoisotopic (exact) mass is 709 g/mol. The van der Waals surface area contributed by atoms with E-state index in [1.54, 1.807) is 11.3 Å². The first-order valence-electron chi connectivity index (χ1n) is 18.4. The summed E-state index contributed by atoms with van der Waals surface area (Å²) in [5.41, 5.74) is 10.3. The van der Waals surface area contributed by atoms with Gasteiger partial charge in [0, 0.05) is 52.7 Å². The summed E-state index contributed by atoms with van der Waals surface area (Å²) >= 11 is 1.81. The van der Waals surface area contributed by atoms with Gasteiger partial charge in [-0.3, -0.25) is 9.13 Å². The Morgan fingerprint density at radius 3 is 1.69 bits per heavy atom. The molecule has 0 radical (unpaired) electrons. The summed E-state index contributed by atoms with van der Waals surface area (Å²) in [4.78, 5) is 16.1. The lowest BCUT2D eigenvalue weighted by atomic mass is 9.82. The lowest BCUT2D eigenvalue weighted by molar-refractivity contribution is 0.661. The molecule has 54 heavy (non-hydrogen) atoms. The van der Waals surface area contributed by atoms with Gasteiger partial charge in [-0.2, -0.15) is 15.0 Å². The number of para-hydroxylation sites is 3. The second-order valence-electron chi connectivity index (χ2n) is 14.9. The first-order valence-corrected chi connectivity index (χ1v) is 19.2. The summed E-state index contributed by atoms with van der Waals surface area (Å²) in [7, 11) is 0. The number of nitrogens with zero attached hydrogens (tertiary/aromatic N) is 5. The van der Waals surface area contributed by atoms with E-state index < -0.39 is 0 Å². The average Bonchev–Trinajstić information content (AvgIpc) is 3.92. The Morgan fingerprint density at radius 2 is 0.981 bits per heavy atom. The smallest absolute Gasteiger partial charge is 0.240 e. The molecule has 1 aliphatic rings. The average molecular weight is 710 g/mol. The van der Waals surface area contributed by atoms with E-state index in [0.717, 1.165) is 38.4 Å². The van der Waals surface area contributed by atoms with Gasteiger partial charge in [0.15, 0.2) is 5.82 Å². The third-order valence-corrected chi connectivity index (χ3v) is 12.7. The molecule has 0 aliphatic heterocycles. The quantitative estimate of drug-likeness (QED) is 0.183. The summed E-state index contributed by atoms with van der Waals surface area (Å²) in [6.07, 6.45) is 0. The van der Waals surface area contributed by atoms with Gasteiger partial charge >= 0.3 is 0 Å². The third kappa shape index (κ3) is 4.00. The summed E-state index contributed by atoms with van der Waals surface area (Å²) in [5, 5.41) is 7.21. The molecule has 0 spiro atoms. The summed E-state index contributed by atoms with van der Waals surface area (Å²) < 4.78 is 6.93. The Labute approximate surface area is 314 Å². The lowest BCUT2D eigenvalue weighted by Crippen LogP contribution is -2.14. The highest BCUT2D eigenvalue weighted by molar-refractivity contribution is 7.25. The van der Waals surface area contributed by atoms with Gasteiger partial charge in [-0.05, 0) is 64.7 Å². The predicted molar refractivity (Wildman–Crippen MR) is 224 cm³/mol. The summed E-state index contributed by atoms with van der Waals surface area (Å²) in [6, 6.07) is 54.5. The van der Waals surface area contributed by atoms with Gasteiger partial charge in [-0.25, -0.2) is 0 Å². The molecule has 0 unspecified atom stereocenters. The van der Waals surface area contributed by atoms with Crippen molar-refractivity contribution in [3.8, 4) is 34.4 Å². The van der Waals surface area contributed by atoms with E-state index >= 15 is 0 Å². The van der Waals surface area contributed by atoms with Crippen LogP contribution in [0, 0.1) is 0 Å². The van der Waals surface area contributed by atoms with E-state index in [0.29, 0.717) is 17.7 Å². The molecule has 0 fully saturated rings. The zero-order chi connectivity index (χ0) is 35.7. The molecule has 0 atom stereocenters. The highest BCUT2D eigenvalue weighted by atomic mass is 32.1. The van der Waals surface area contributed by atoms with Crippen LogP contribution in [0.2, 0.25) is 0 Å². The highest BCUT2D eigenvalue weighted by Crippen LogP contribution is 2.51. The standard InChI is InChI=1S/C48H31N5S/c1-48(2)37-18-8-3-13-29(37)35-27-42-36(26-38(35)48)32-16-6-11-21-41(32)53(42)47-50-45(28-23-24-34-33-17-7-12-22-43(33)54-44(34)25-28)49-46(51-47)52-39-19-9-4-14-30(39)31-15-5-10-20-40(31)52/h3-27H,1-2H3. The first-order chi connectivity index (χ1) is 26.5. The number of hydrogen-bond acceptors (Lipinski definition) is 4. The van der Waals surface area contributed by atoms with E-state index in [9.17, 15) is 0 Å². The van der Waals surface area contributed by atoms with Gasteiger partial charge in [-0.15, -0.1) is 11.3 Å². The highest BCUT2D eigenvalue weighted by Gasteiger charge is 2.36. The Kier molecular flexibility index (Phi) is 5.93. The van der Waals surface area contributed by atoms with Crippen LogP contribution in [0.3, 0.4) is 0 Å². The maximum Gasteiger partial charge on any atom is 0.240 e. The normalized spacial score (nSPS) is 13.5. The van der Waals surface area contributed by atoms with Crippen LogP contribution >= 0.6 is 11.3 Å². The third-order valence-electron chi connectivity index (χ3n) is 11.6. The van der Waals surface area contributed by atoms with Crippen LogP contribution in [-0.4, -0.2) is 24.1 Å². The molecule has 0 bridgehead atoms. The van der Waals surface area contributed by atoms with Crippen molar-refractivity contribution in [2.24, 2.45) is 0 Å². The molecule has 0 N–H and O–H groups in total. The van der Waals surface area contributed by atoms with Crippen molar-refractivity contribution >= 4 is 75.1 Å². The molecule has 0 saturated heterocycles. The Hall–Kier alpha value is -6.63. The van der Waals surface area contributed by atoms with Crippen molar-refractivity contribution in [3.05, 3.63) is 163 Å². The van der Waals surface area contributed by atoms with E-state index in [1.807, 2.05) is 0 Å². The number of thiophene rings is 1. The molecule has 7 aromatic carbocycles. The van der Waals surface area contributed by atoms with E-state index in [4.69, 9.17) is 15.0 Å². The Bertz CT molecular complexity index is 3330. The number of benzene rings is 7. The minimum Gasteiger partial charge on any atom is -0.278 e. The first kappa shape index (κ1) is 29.9. The van der Waals surface area contributed by atoms with E-state index in [1.165, 1.54) is 53.2 Å². The number of fused-ring (bicyclic) bond motifs is 12. The van der Waals surface area contributed by atoms with Crippen molar-refractivity contribution in [2.45, 2.75) is 19.3 Å². The second kappa shape index (κ2) is 10.7. The van der Waals surface area contributed by atoms with Crippen LogP contribution in [0.1, 0.15) is 25.0 Å². The second-order valence-corrected chi connectivity index (χ2v) is 16.0. The fraction of sp³-hybridized carbons (Fsp3) is 0.0625.